The number of hydrogen-bond donors (Lipinski definition) is 0. The highest BCUT2D eigenvalue weighted by atomic mass is 35.5. The van der Waals surface area contributed by atoms with Gasteiger partial charge >= 0.3 is 0 Å². The lowest BCUT2D eigenvalue weighted by Gasteiger charge is -2.38. The van der Waals surface area contributed by atoms with Crippen LogP contribution in [0.25, 0.3) is 0 Å². The van der Waals surface area contributed by atoms with Crippen LogP contribution in [0.3, 0.4) is 0 Å². The third-order valence-corrected chi connectivity index (χ3v) is 4.88. The first-order valence-electron chi connectivity index (χ1n) is 8.08. The number of piperidine rings is 1. The van der Waals surface area contributed by atoms with E-state index < -0.39 is 5.82 Å². The molecule has 2 fully saturated rings. The number of hydrogen-bond acceptors (Lipinski definition) is 4. The fourth-order valence-electron chi connectivity index (χ4n) is 3.30. The monoisotopic (exact) mass is 340 g/mol. The Labute approximate surface area is 141 Å². The molecule has 0 bridgehead atoms. The van der Waals surface area contributed by atoms with Crippen LogP contribution in [-0.4, -0.2) is 67.0 Å². The van der Waals surface area contributed by atoms with Gasteiger partial charge in [0.1, 0.15) is 0 Å². The summed E-state index contributed by atoms with van der Waals surface area (Å²) in [7, 11) is 2.07. The first kappa shape index (κ1) is 16.5. The number of carbonyl (C=O) groups excluding carboxylic acids is 1. The Bertz CT molecular complexity index is 577. The number of nitrogens with zero attached hydrogens (tertiary/aromatic N) is 4. The maximum atomic E-state index is 14.1. The Balaban J connectivity index is 1.67. The summed E-state index contributed by atoms with van der Waals surface area (Å²) in [6.45, 7) is 4.62. The number of pyridine rings is 1. The minimum Gasteiger partial charge on any atom is -0.353 e. The highest BCUT2D eigenvalue weighted by Crippen LogP contribution is 2.26. The van der Waals surface area contributed by atoms with Crippen molar-refractivity contribution in [2.45, 2.75) is 12.8 Å². The highest BCUT2D eigenvalue weighted by Gasteiger charge is 2.31. The molecule has 2 aliphatic rings. The van der Waals surface area contributed by atoms with E-state index in [9.17, 15) is 9.18 Å². The topological polar surface area (TPSA) is 39.7 Å². The molecule has 3 rings (SSSR count). The zero-order valence-corrected chi connectivity index (χ0v) is 14.1. The van der Waals surface area contributed by atoms with Gasteiger partial charge in [0, 0.05) is 45.5 Å². The lowest BCUT2D eigenvalue weighted by molar-refractivity contribution is -0.137. The maximum Gasteiger partial charge on any atom is 0.227 e. The van der Waals surface area contributed by atoms with Crippen LogP contribution in [0.1, 0.15) is 12.8 Å². The number of halogens is 2. The molecule has 1 amide bonds. The molecule has 0 spiro atoms. The molecule has 0 aliphatic carbocycles. The van der Waals surface area contributed by atoms with Gasteiger partial charge in [-0.05, 0) is 26.0 Å². The van der Waals surface area contributed by atoms with Gasteiger partial charge in [-0.1, -0.05) is 11.6 Å². The molecule has 0 N–H and O–H groups in total. The smallest absolute Gasteiger partial charge is 0.227 e. The number of amides is 1. The normalized spacial score (nSPS) is 23.2. The second-order valence-corrected chi connectivity index (χ2v) is 6.81. The van der Waals surface area contributed by atoms with E-state index in [1.54, 1.807) is 0 Å². The van der Waals surface area contributed by atoms with Crippen molar-refractivity contribution in [3.8, 4) is 0 Å². The van der Waals surface area contributed by atoms with Crippen molar-refractivity contribution < 1.29 is 9.18 Å². The van der Waals surface area contributed by atoms with E-state index in [1.165, 1.54) is 12.3 Å². The van der Waals surface area contributed by atoms with E-state index in [-0.39, 0.29) is 16.8 Å². The minimum absolute atomic E-state index is 0.0796. The van der Waals surface area contributed by atoms with Crippen LogP contribution in [0.4, 0.5) is 10.2 Å². The molecular weight excluding hydrogens is 319 g/mol. The molecule has 0 radical (unpaired) electrons. The van der Waals surface area contributed by atoms with Crippen LogP contribution >= 0.6 is 11.6 Å². The summed E-state index contributed by atoms with van der Waals surface area (Å²) < 4.78 is 14.1. The number of anilines is 1. The van der Waals surface area contributed by atoms with Crippen LogP contribution < -0.4 is 4.90 Å². The molecule has 2 aliphatic heterocycles. The van der Waals surface area contributed by atoms with Crippen LogP contribution in [0.15, 0.2) is 12.3 Å². The molecule has 5 nitrogen and oxygen atoms in total. The number of aromatic nitrogens is 1. The molecule has 23 heavy (non-hydrogen) atoms. The summed E-state index contributed by atoms with van der Waals surface area (Å²) in [5.74, 6) is -0.0170. The van der Waals surface area contributed by atoms with Gasteiger partial charge in [0.15, 0.2) is 11.6 Å². The van der Waals surface area contributed by atoms with Crippen LogP contribution in [0, 0.1) is 11.7 Å². The van der Waals surface area contributed by atoms with E-state index in [1.807, 2.05) is 9.80 Å². The molecule has 2 saturated heterocycles. The maximum absolute atomic E-state index is 14.1. The van der Waals surface area contributed by atoms with Gasteiger partial charge < -0.3 is 14.7 Å². The zero-order valence-electron chi connectivity index (χ0n) is 13.3. The summed E-state index contributed by atoms with van der Waals surface area (Å²) >= 11 is 5.76. The van der Waals surface area contributed by atoms with Crippen molar-refractivity contribution in [2.24, 2.45) is 5.92 Å². The Hall–Kier alpha value is -1.40. The van der Waals surface area contributed by atoms with Gasteiger partial charge in [0.05, 0.1) is 10.9 Å². The van der Waals surface area contributed by atoms with E-state index in [0.717, 1.165) is 45.6 Å². The van der Waals surface area contributed by atoms with Gasteiger partial charge in [-0.25, -0.2) is 9.37 Å². The Morgan fingerprint density at radius 1 is 1.30 bits per heavy atom. The van der Waals surface area contributed by atoms with Crippen LogP contribution in [0.2, 0.25) is 5.02 Å². The molecular formula is C16H22ClFN4O. The zero-order chi connectivity index (χ0) is 16.4. The first-order chi connectivity index (χ1) is 11.0. The number of carbonyl (C=O) groups is 1. The molecule has 126 valence electrons. The van der Waals surface area contributed by atoms with E-state index >= 15 is 0 Å². The molecule has 1 atom stereocenters. The minimum atomic E-state index is -0.426. The third-order valence-electron chi connectivity index (χ3n) is 4.67. The Morgan fingerprint density at radius 2 is 2.04 bits per heavy atom. The summed E-state index contributed by atoms with van der Waals surface area (Å²) in [4.78, 5) is 22.9. The number of likely N-dealkylation sites (N-methyl/N-ethyl adjacent to an activating group) is 1. The summed E-state index contributed by atoms with van der Waals surface area (Å²) in [6.07, 6.45) is 3.18. The molecule has 0 saturated carbocycles. The van der Waals surface area contributed by atoms with Crippen LogP contribution in [0.5, 0.6) is 0 Å². The average Bonchev–Trinajstić information content (AvgIpc) is 2.55. The lowest BCUT2D eigenvalue weighted by atomic mass is 9.96. The Morgan fingerprint density at radius 3 is 2.74 bits per heavy atom. The molecule has 1 aromatic rings. The van der Waals surface area contributed by atoms with Gasteiger partial charge in [-0.3, -0.25) is 4.79 Å². The van der Waals surface area contributed by atoms with Crippen molar-refractivity contribution in [1.29, 1.82) is 0 Å². The fourth-order valence-corrected chi connectivity index (χ4v) is 3.44. The summed E-state index contributed by atoms with van der Waals surface area (Å²) in [5, 5.41) is 0.285. The fraction of sp³-hybridized carbons (Fsp3) is 0.625. The standard InChI is InChI=1S/C16H22ClFN4O/c1-20-5-7-21(8-6-20)16(23)12-3-2-4-22(11-12)15-14(18)9-13(17)10-19-15/h9-10,12H,2-8,11H2,1H3/t12-/m0/s1. The molecule has 0 aromatic carbocycles. The summed E-state index contributed by atoms with van der Waals surface area (Å²) in [6, 6.07) is 1.27. The quantitative estimate of drug-likeness (QED) is 0.824. The predicted octanol–water partition coefficient (Wildman–Crippen LogP) is 1.86. The molecule has 0 unspecified atom stereocenters. The summed E-state index contributed by atoms with van der Waals surface area (Å²) in [5.41, 5.74) is 0. The molecule has 1 aromatic heterocycles. The SMILES string of the molecule is CN1CCN(C(=O)[C@H]2CCCN(c3ncc(Cl)cc3F)C2)CC1. The highest BCUT2D eigenvalue weighted by molar-refractivity contribution is 6.30. The van der Waals surface area contributed by atoms with Crippen molar-refractivity contribution in [3.05, 3.63) is 23.1 Å². The third kappa shape index (κ3) is 3.75. The van der Waals surface area contributed by atoms with Crippen molar-refractivity contribution in [3.63, 3.8) is 0 Å². The second-order valence-electron chi connectivity index (χ2n) is 6.37. The molecule has 3 heterocycles. The van der Waals surface area contributed by atoms with Gasteiger partial charge in [-0.15, -0.1) is 0 Å². The molecule has 7 heteroatoms. The van der Waals surface area contributed by atoms with Gasteiger partial charge in [0.2, 0.25) is 5.91 Å². The van der Waals surface area contributed by atoms with Crippen LogP contribution in [-0.2, 0) is 4.79 Å². The lowest BCUT2D eigenvalue weighted by Crippen LogP contribution is -2.51. The largest absolute Gasteiger partial charge is 0.353 e. The van der Waals surface area contributed by atoms with Gasteiger partial charge in [-0.2, -0.15) is 0 Å². The number of piperazine rings is 1. The Kier molecular flexibility index (Phi) is 5.02. The van der Waals surface area contributed by atoms with E-state index in [2.05, 4.69) is 16.9 Å². The van der Waals surface area contributed by atoms with Gasteiger partial charge in [0.25, 0.3) is 0 Å². The van der Waals surface area contributed by atoms with Crippen molar-refractivity contribution in [2.75, 3.05) is 51.2 Å². The van der Waals surface area contributed by atoms with E-state index in [4.69, 9.17) is 11.6 Å². The predicted molar refractivity (Wildman–Crippen MR) is 88.2 cm³/mol. The second kappa shape index (κ2) is 7.01. The number of rotatable bonds is 2. The first-order valence-corrected chi connectivity index (χ1v) is 8.45. The van der Waals surface area contributed by atoms with Crippen molar-refractivity contribution >= 4 is 23.3 Å². The average molecular weight is 341 g/mol. The van der Waals surface area contributed by atoms with Crippen molar-refractivity contribution in [1.82, 2.24) is 14.8 Å². The van der Waals surface area contributed by atoms with E-state index in [0.29, 0.717) is 12.4 Å².